The van der Waals surface area contributed by atoms with Gasteiger partial charge in [0.1, 0.15) is 5.52 Å². The molecule has 2 aromatic carbocycles. The van der Waals surface area contributed by atoms with E-state index in [1.165, 1.54) is 28.6 Å². The second-order valence-corrected chi connectivity index (χ2v) is 8.90. The highest BCUT2D eigenvalue weighted by atomic mass is 32.2. The Kier molecular flexibility index (Phi) is 5.38. The van der Waals surface area contributed by atoms with Crippen LogP contribution in [0.25, 0.3) is 11.1 Å². The van der Waals surface area contributed by atoms with E-state index in [4.69, 9.17) is 9.15 Å². The van der Waals surface area contributed by atoms with E-state index in [0.717, 1.165) is 18.4 Å². The molecule has 0 saturated carbocycles. The third-order valence-electron chi connectivity index (χ3n) is 5.05. The molecule has 1 aliphatic heterocycles. The minimum absolute atomic E-state index is 0.0928. The van der Waals surface area contributed by atoms with Crippen LogP contribution < -0.4 is 0 Å². The molecule has 4 rings (SSSR count). The molecule has 2 heterocycles. The number of sulfonamides is 1. The first-order valence-corrected chi connectivity index (χ1v) is 11.1. The lowest BCUT2D eigenvalue weighted by Gasteiger charge is -2.30. The zero-order valence-corrected chi connectivity index (χ0v) is 16.9. The lowest BCUT2D eigenvalue weighted by atomic mass is 10.00. The summed E-state index contributed by atoms with van der Waals surface area (Å²) in [7, 11) is -3.68. The minimum atomic E-state index is -3.68. The molecule has 0 spiro atoms. The first-order valence-electron chi connectivity index (χ1n) is 9.62. The fourth-order valence-electron chi connectivity index (χ4n) is 3.55. The van der Waals surface area contributed by atoms with Gasteiger partial charge in [-0.05, 0) is 56.2 Å². The Bertz CT molecular complexity index is 1090. The first kappa shape index (κ1) is 19.6. The maximum Gasteiger partial charge on any atom is 0.338 e. The number of rotatable bonds is 5. The Morgan fingerprint density at radius 1 is 1.21 bits per heavy atom. The Hall–Kier alpha value is -2.71. The summed E-state index contributed by atoms with van der Waals surface area (Å²) in [5.74, 6) is 0.0129. The number of oxazole rings is 1. The quantitative estimate of drug-likeness (QED) is 0.593. The Morgan fingerprint density at radius 2 is 1.97 bits per heavy atom. The van der Waals surface area contributed by atoms with Gasteiger partial charge in [0.15, 0.2) is 11.5 Å². The largest absolute Gasteiger partial charge is 0.462 e. The van der Waals surface area contributed by atoms with Gasteiger partial charge in [-0.25, -0.2) is 18.2 Å². The molecule has 0 N–H and O–H groups in total. The highest BCUT2D eigenvalue weighted by Crippen LogP contribution is 2.31. The molecule has 29 heavy (non-hydrogen) atoms. The summed E-state index contributed by atoms with van der Waals surface area (Å²) in [6.07, 6.45) is 1.55. The Balaban J connectivity index is 1.54. The summed E-state index contributed by atoms with van der Waals surface area (Å²) in [5.41, 5.74) is 1.81. The molecule has 0 radical (unpaired) electrons. The predicted octanol–water partition coefficient (Wildman–Crippen LogP) is 3.57. The standard InChI is InChI=1S/C21H22N2O5S/c1-2-27-21(24)15-9-11-17(12-10-15)29(25,26)23-13-5-6-16(14-23)20-22-18-7-3-4-8-19(18)28-20/h3-4,7-12,16H,2,5-6,13-14H2,1H3/t16-/m1/s1. The number of nitrogens with zero attached hydrogens (tertiary/aromatic N) is 2. The molecule has 1 saturated heterocycles. The van der Waals surface area contributed by atoms with E-state index < -0.39 is 16.0 Å². The average Bonchev–Trinajstić information content (AvgIpc) is 3.18. The van der Waals surface area contributed by atoms with Gasteiger partial charge in [0.25, 0.3) is 0 Å². The first-order chi connectivity index (χ1) is 14.0. The predicted molar refractivity (Wildman–Crippen MR) is 107 cm³/mol. The molecule has 7 nitrogen and oxygen atoms in total. The number of esters is 1. The van der Waals surface area contributed by atoms with E-state index in [0.29, 0.717) is 30.1 Å². The van der Waals surface area contributed by atoms with Gasteiger partial charge in [-0.2, -0.15) is 4.31 Å². The van der Waals surface area contributed by atoms with Crippen molar-refractivity contribution in [2.75, 3.05) is 19.7 Å². The van der Waals surface area contributed by atoms with Crippen LogP contribution in [-0.2, 0) is 14.8 Å². The van der Waals surface area contributed by atoms with E-state index in [1.807, 2.05) is 24.3 Å². The third-order valence-corrected chi connectivity index (χ3v) is 6.93. The number of hydrogen-bond donors (Lipinski definition) is 0. The number of piperidine rings is 1. The van der Waals surface area contributed by atoms with Crippen LogP contribution in [0.3, 0.4) is 0 Å². The molecule has 1 atom stereocenters. The van der Waals surface area contributed by atoms with Crippen molar-refractivity contribution in [3.05, 3.63) is 60.0 Å². The van der Waals surface area contributed by atoms with Gasteiger partial charge < -0.3 is 9.15 Å². The van der Waals surface area contributed by atoms with Crippen LogP contribution in [0, 0.1) is 0 Å². The summed E-state index contributed by atoms with van der Waals surface area (Å²) in [6.45, 7) is 2.75. The van der Waals surface area contributed by atoms with Crippen LogP contribution in [0.2, 0.25) is 0 Å². The van der Waals surface area contributed by atoms with Gasteiger partial charge in [0.05, 0.1) is 17.1 Å². The maximum absolute atomic E-state index is 13.1. The molecule has 3 aromatic rings. The Morgan fingerprint density at radius 3 is 2.69 bits per heavy atom. The highest BCUT2D eigenvalue weighted by molar-refractivity contribution is 7.89. The van der Waals surface area contributed by atoms with Gasteiger partial charge in [0, 0.05) is 19.0 Å². The van der Waals surface area contributed by atoms with Crippen molar-refractivity contribution in [3.63, 3.8) is 0 Å². The minimum Gasteiger partial charge on any atom is -0.462 e. The van der Waals surface area contributed by atoms with Gasteiger partial charge in [-0.1, -0.05) is 12.1 Å². The zero-order chi connectivity index (χ0) is 20.4. The van der Waals surface area contributed by atoms with Crippen LogP contribution in [0.4, 0.5) is 0 Å². The fraction of sp³-hybridized carbons (Fsp3) is 0.333. The van der Waals surface area contributed by atoms with Crippen LogP contribution in [0.5, 0.6) is 0 Å². The van der Waals surface area contributed by atoms with E-state index in [1.54, 1.807) is 6.92 Å². The molecular formula is C21H22N2O5S. The fourth-order valence-corrected chi connectivity index (χ4v) is 5.08. The van der Waals surface area contributed by atoms with Crippen molar-refractivity contribution in [2.45, 2.75) is 30.6 Å². The summed E-state index contributed by atoms with van der Waals surface area (Å²) in [5, 5.41) is 0. The number of carbonyl (C=O) groups is 1. The molecule has 8 heteroatoms. The van der Waals surface area contributed by atoms with Crippen molar-refractivity contribution < 1.29 is 22.4 Å². The second-order valence-electron chi connectivity index (χ2n) is 6.97. The van der Waals surface area contributed by atoms with E-state index in [9.17, 15) is 13.2 Å². The van der Waals surface area contributed by atoms with Gasteiger partial charge in [-0.15, -0.1) is 0 Å². The number of para-hydroxylation sites is 2. The lowest BCUT2D eigenvalue weighted by molar-refractivity contribution is 0.0526. The topological polar surface area (TPSA) is 89.7 Å². The SMILES string of the molecule is CCOC(=O)c1ccc(S(=O)(=O)N2CCC[C@@H](c3nc4ccccc4o3)C2)cc1. The maximum atomic E-state index is 13.1. The molecule has 1 aromatic heterocycles. The van der Waals surface area contributed by atoms with Crippen LogP contribution in [-0.4, -0.2) is 43.4 Å². The normalized spacial score (nSPS) is 18.0. The van der Waals surface area contributed by atoms with Crippen molar-refractivity contribution in [1.29, 1.82) is 0 Å². The van der Waals surface area contributed by atoms with E-state index in [-0.39, 0.29) is 17.4 Å². The lowest BCUT2D eigenvalue weighted by Crippen LogP contribution is -2.39. The highest BCUT2D eigenvalue weighted by Gasteiger charge is 2.33. The van der Waals surface area contributed by atoms with E-state index >= 15 is 0 Å². The van der Waals surface area contributed by atoms with Crippen LogP contribution in [0.1, 0.15) is 41.9 Å². The molecule has 152 valence electrons. The van der Waals surface area contributed by atoms with Crippen molar-refractivity contribution in [1.82, 2.24) is 9.29 Å². The summed E-state index contributed by atoms with van der Waals surface area (Å²) >= 11 is 0. The molecule has 1 fully saturated rings. The van der Waals surface area contributed by atoms with Gasteiger partial charge >= 0.3 is 5.97 Å². The molecular weight excluding hydrogens is 392 g/mol. The van der Waals surface area contributed by atoms with E-state index in [2.05, 4.69) is 4.98 Å². The molecule has 0 amide bonds. The number of hydrogen-bond acceptors (Lipinski definition) is 6. The number of aromatic nitrogens is 1. The molecule has 0 aliphatic carbocycles. The number of ether oxygens (including phenoxy) is 1. The zero-order valence-electron chi connectivity index (χ0n) is 16.1. The molecule has 1 aliphatic rings. The molecule has 0 unspecified atom stereocenters. The van der Waals surface area contributed by atoms with Crippen molar-refractivity contribution >= 4 is 27.1 Å². The van der Waals surface area contributed by atoms with Crippen LogP contribution in [0.15, 0.2) is 57.8 Å². The number of benzene rings is 2. The second kappa shape index (κ2) is 7.96. The Labute approximate surface area is 169 Å². The summed E-state index contributed by atoms with van der Waals surface area (Å²) in [6, 6.07) is 13.4. The smallest absolute Gasteiger partial charge is 0.338 e. The number of fused-ring (bicyclic) bond motifs is 1. The van der Waals surface area contributed by atoms with Crippen molar-refractivity contribution in [3.8, 4) is 0 Å². The molecule has 0 bridgehead atoms. The summed E-state index contributed by atoms with van der Waals surface area (Å²) < 4.78 is 38.5. The van der Waals surface area contributed by atoms with Gasteiger partial charge in [-0.3, -0.25) is 0 Å². The third kappa shape index (κ3) is 3.90. The summed E-state index contributed by atoms with van der Waals surface area (Å²) in [4.78, 5) is 16.5. The average molecular weight is 414 g/mol. The van der Waals surface area contributed by atoms with Crippen LogP contribution >= 0.6 is 0 Å². The number of carbonyl (C=O) groups excluding carboxylic acids is 1. The monoisotopic (exact) mass is 414 g/mol. The van der Waals surface area contributed by atoms with Crippen molar-refractivity contribution in [2.24, 2.45) is 0 Å². The van der Waals surface area contributed by atoms with Gasteiger partial charge in [0.2, 0.25) is 10.0 Å².